The van der Waals surface area contributed by atoms with Crippen LogP contribution in [-0.2, 0) is 17.8 Å². The summed E-state index contributed by atoms with van der Waals surface area (Å²) in [6.45, 7) is 3.58. The molecule has 1 fully saturated rings. The maximum Gasteiger partial charge on any atom is 0.322 e. The average Bonchev–Trinajstić information content (AvgIpc) is 3.19. The third-order valence-electron chi connectivity index (χ3n) is 5.71. The Bertz CT molecular complexity index is 835. The van der Waals surface area contributed by atoms with Gasteiger partial charge in [0.1, 0.15) is 0 Å². The summed E-state index contributed by atoms with van der Waals surface area (Å²) in [7, 11) is 0. The van der Waals surface area contributed by atoms with Crippen LogP contribution in [0.5, 0.6) is 0 Å². The van der Waals surface area contributed by atoms with E-state index in [0.717, 1.165) is 32.5 Å². The van der Waals surface area contributed by atoms with E-state index in [2.05, 4.69) is 22.8 Å². The molecule has 0 atom stereocenters. The molecule has 6 heteroatoms. The second-order valence-electron chi connectivity index (χ2n) is 7.73. The molecule has 0 aliphatic carbocycles. The Morgan fingerprint density at radius 1 is 0.966 bits per heavy atom. The number of carbonyl (C=O) groups is 2. The highest BCUT2D eigenvalue weighted by molar-refractivity contribution is 5.95. The number of hydrogen-bond donors (Lipinski definition) is 2. The van der Waals surface area contributed by atoms with E-state index >= 15 is 0 Å². The van der Waals surface area contributed by atoms with Crippen molar-refractivity contribution in [2.24, 2.45) is 5.92 Å². The highest BCUT2D eigenvalue weighted by Gasteiger charge is 2.22. The first-order valence-corrected chi connectivity index (χ1v) is 10.3. The Balaban J connectivity index is 1.24. The van der Waals surface area contributed by atoms with Crippen LogP contribution in [0.25, 0.3) is 0 Å². The van der Waals surface area contributed by atoms with Gasteiger partial charge < -0.3 is 20.3 Å². The molecule has 2 heterocycles. The Hall–Kier alpha value is -2.86. The molecule has 0 bridgehead atoms. The maximum absolute atomic E-state index is 12.5. The number of nitrogens with one attached hydrogen (secondary N) is 2. The lowest BCUT2D eigenvalue weighted by atomic mass is 9.97. The molecule has 2 aliphatic heterocycles. The van der Waals surface area contributed by atoms with Gasteiger partial charge in [0.25, 0.3) is 5.91 Å². The van der Waals surface area contributed by atoms with Crippen LogP contribution in [0, 0.1) is 5.92 Å². The Labute approximate surface area is 171 Å². The largest absolute Gasteiger partial charge is 0.381 e. The SMILES string of the molecule is O=C(NCCC1CCOCC1)c1ccc(NC(=O)N2Cc3ccccc3C2)cc1. The summed E-state index contributed by atoms with van der Waals surface area (Å²) < 4.78 is 5.36. The topological polar surface area (TPSA) is 70.7 Å². The number of urea groups is 1. The van der Waals surface area contributed by atoms with Crippen LogP contribution in [0.15, 0.2) is 48.5 Å². The zero-order chi connectivity index (χ0) is 20.1. The van der Waals surface area contributed by atoms with E-state index in [9.17, 15) is 9.59 Å². The summed E-state index contributed by atoms with van der Waals surface area (Å²) >= 11 is 0. The van der Waals surface area contributed by atoms with E-state index in [1.807, 2.05) is 12.1 Å². The number of hydrogen-bond acceptors (Lipinski definition) is 3. The molecule has 0 saturated carbocycles. The Kier molecular flexibility index (Phi) is 6.10. The molecule has 4 rings (SSSR count). The lowest BCUT2D eigenvalue weighted by Gasteiger charge is -2.21. The van der Waals surface area contributed by atoms with Gasteiger partial charge in [0, 0.05) is 44.1 Å². The summed E-state index contributed by atoms with van der Waals surface area (Å²) in [5.74, 6) is 0.559. The number of ether oxygens (including phenoxy) is 1. The smallest absolute Gasteiger partial charge is 0.322 e. The first-order valence-electron chi connectivity index (χ1n) is 10.3. The maximum atomic E-state index is 12.5. The molecular formula is C23H27N3O3. The highest BCUT2D eigenvalue weighted by atomic mass is 16.5. The molecule has 29 heavy (non-hydrogen) atoms. The van der Waals surface area contributed by atoms with E-state index in [-0.39, 0.29) is 11.9 Å². The van der Waals surface area contributed by atoms with E-state index in [0.29, 0.717) is 36.8 Å². The summed E-state index contributed by atoms with van der Waals surface area (Å²) in [6, 6.07) is 15.0. The number of carbonyl (C=O) groups excluding carboxylic acids is 2. The molecule has 2 aromatic rings. The predicted octanol–water partition coefficient (Wildman–Crippen LogP) is 3.78. The minimum absolute atomic E-state index is 0.0788. The van der Waals surface area contributed by atoms with E-state index < -0.39 is 0 Å². The van der Waals surface area contributed by atoms with Crippen LogP contribution < -0.4 is 10.6 Å². The van der Waals surface area contributed by atoms with E-state index in [1.165, 1.54) is 11.1 Å². The third kappa shape index (κ3) is 4.95. The summed E-state index contributed by atoms with van der Waals surface area (Å²) in [5.41, 5.74) is 3.67. The molecule has 2 aliphatic rings. The van der Waals surface area contributed by atoms with Gasteiger partial charge in [-0.05, 0) is 60.6 Å². The first-order chi connectivity index (χ1) is 14.2. The fourth-order valence-electron chi connectivity index (χ4n) is 3.91. The highest BCUT2D eigenvalue weighted by Crippen LogP contribution is 2.23. The van der Waals surface area contributed by atoms with Crippen LogP contribution in [0.4, 0.5) is 10.5 Å². The van der Waals surface area contributed by atoms with Crippen molar-refractivity contribution >= 4 is 17.6 Å². The van der Waals surface area contributed by atoms with E-state index in [4.69, 9.17) is 4.74 Å². The molecule has 0 spiro atoms. The number of fused-ring (bicyclic) bond motifs is 1. The normalized spacial score (nSPS) is 16.3. The predicted molar refractivity (Wildman–Crippen MR) is 112 cm³/mol. The molecule has 2 N–H and O–H groups in total. The average molecular weight is 393 g/mol. The van der Waals surface area contributed by atoms with Crippen LogP contribution in [0.2, 0.25) is 0 Å². The quantitative estimate of drug-likeness (QED) is 0.812. The molecule has 1 saturated heterocycles. The molecular weight excluding hydrogens is 366 g/mol. The fraction of sp³-hybridized carbons (Fsp3) is 0.391. The Morgan fingerprint density at radius 2 is 1.62 bits per heavy atom. The lowest BCUT2D eigenvalue weighted by molar-refractivity contribution is 0.0636. The minimum atomic E-state index is -0.130. The molecule has 152 valence electrons. The second kappa shape index (κ2) is 9.09. The van der Waals surface area contributed by atoms with Gasteiger partial charge in [0.05, 0.1) is 0 Å². The van der Waals surface area contributed by atoms with Crippen LogP contribution in [0.3, 0.4) is 0 Å². The zero-order valence-electron chi connectivity index (χ0n) is 16.5. The van der Waals surface area contributed by atoms with Gasteiger partial charge >= 0.3 is 6.03 Å². The summed E-state index contributed by atoms with van der Waals surface area (Å²) in [6.07, 6.45) is 3.14. The molecule has 0 unspecified atom stereocenters. The number of amides is 3. The summed E-state index contributed by atoms with van der Waals surface area (Å²) in [5, 5.41) is 5.90. The van der Waals surface area contributed by atoms with Crippen molar-refractivity contribution in [1.29, 1.82) is 0 Å². The summed E-state index contributed by atoms with van der Waals surface area (Å²) in [4.78, 5) is 26.6. The number of benzene rings is 2. The standard InChI is InChI=1S/C23H27N3O3/c27-22(24-12-9-17-10-13-29-14-11-17)18-5-7-21(8-6-18)25-23(28)26-15-19-3-1-2-4-20(19)16-26/h1-8,17H,9-16H2,(H,24,27)(H,25,28). The van der Waals surface area contributed by atoms with E-state index in [1.54, 1.807) is 29.2 Å². The molecule has 0 aromatic heterocycles. The van der Waals surface area contributed by atoms with Crippen molar-refractivity contribution in [3.63, 3.8) is 0 Å². The van der Waals surface area contributed by atoms with Gasteiger partial charge in [0.15, 0.2) is 0 Å². The Morgan fingerprint density at radius 3 is 2.28 bits per heavy atom. The van der Waals surface area contributed by atoms with Crippen LogP contribution >= 0.6 is 0 Å². The van der Waals surface area contributed by atoms with Crippen molar-refractivity contribution in [2.75, 3.05) is 25.1 Å². The van der Waals surface area contributed by atoms with Gasteiger partial charge in [-0.15, -0.1) is 0 Å². The molecule has 6 nitrogen and oxygen atoms in total. The van der Waals surface area contributed by atoms with Crippen molar-refractivity contribution in [1.82, 2.24) is 10.2 Å². The van der Waals surface area contributed by atoms with Gasteiger partial charge in [0.2, 0.25) is 0 Å². The van der Waals surface area contributed by atoms with Gasteiger partial charge in [-0.25, -0.2) is 4.79 Å². The lowest BCUT2D eigenvalue weighted by Crippen LogP contribution is -2.30. The number of rotatable bonds is 5. The van der Waals surface area contributed by atoms with Crippen molar-refractivity contribution in [3.8, 4) is 0 Å². The van der Waals surface area contributed by atoms with Crippen LogP contribution in [-0.4, -0.2) is 36.6 Å². The number of nitrogens with zero attached hydrogens (tertiary/aromatic N) is 1. The van der Waals surface area contributed by atoms with Gasteiger partial charge in [-0.1, -0.05) is 24.3 Å². The number of anilines is 1. The fourth-order valence-corrected chi connectivity index (χ4v) is 3.91. The van der Waals surface area contributed by atoms with Gasteiger partial charge in [-0.2, -0.15) is 0 Å². The monoisotopic (exact) mass is 393 g/mol. The minimum Gasteiger partial charge on any atom is -0.381 e. The molecule has 0 radical (unpaired) electrons. The van der Waals surface area contributed by atoms with Crippen LogP contribution in [0.1, 0.15) is 40.7 Å². The molecule has 2 aromatic carbocycles. The second-order valence-corrected chi connectivity index (χ2v) is 7.73. The first kappa shape index (κ1) is 19.5. The molecule has 3 amide bonds. The van der Waals surface area contributed by atoms with Crippen molar-refractivity contribution in [2.45, 2.75) is 32.4 Å². The van der Waals surface area contributed by atoms with Gasteiger partial charge in [-0.3, -0.25) is 4.79 Å². The zero-order valence-corrected chi connectivity index (χ0v) is 16.5. The van der Waals surface area contributed by atoms with Crippen molar-refractivity contribution in [3.05, 3.63) is 65.2 Å². The third-order valence-corrected chi connectivity index (χ3v) is 5.71. The van der Waals surface area contributed by atoms with Crippen molar-refractivity contribution < 1.29 is 14.3 Å².